The third kappa shape index (κ3) is 8.72. The van der Waals surface area contributed by atoms with Crippen molar-refractivity contribution in [2.45, 2.75) is 117 Å². The molecular formula is C60H63N4OPt-3. The van der Waals surface area contributed by atoms with E-state index in [2.05, 4.69) is 237 Å². The van der Waals surface area contributed by atoms with Crippen LogP contribution in [0.5, 0.6) is 11.5 Å². The van der Waals surface area contributed by atoms with Crippen LogP contribution in [0.1, 0.15) is 123 Å². The Morgan fingerprint density at radius 3 is 1.88 bits per heavy atom. The quantitative estimate of drug-likeness (QED) is 0.128. The van der Waals surface area contributed by atoms with Crippen molar-refractivity contribution >= 4 is 44.6 Å². The van der Waals surface area contributed by atoms with Crippen molar-refractivity contribution in [1.82, 2.24) is 9.55 Å². The average Bonchev–Trinajstić information content (AvgIpc) is 3.84. The third-order valence-corrected chi connectivity index (χ3v) is 13.4. The van der Waals surface area contributed by atoms with Crippen molar-refractivity contribution in [1.29, 1.82) is 0 Å². The van der Waals surface area contributed by atoms with Crippen LogP contribution in [0.25, 0.3) is 27.6 Å². The molecule has 9 rings (SSSR count). The number of rotatable bonds is 10. The molecular weight excluding hydrogens is 988 g/mol. The largest absolute Gasteiger partial charge is 0.509 e. The van der Waals surface area contributed by atoms with Gasteiger partial charge in [0.05, 0.1) is 0 Å². The molecule has 66 heavy (non-hydrogen) atoms. The maximum atomic E-state index is 6.87. The monoisotopic (exact) mass is 1050 g/mol. The van der Waals surface area contributed by atoms with E-state index in [1.165, 1.54) is 22.3 Å². The zero-order chi connectivity index (χ0) is 45.9. The molecule has 0 bridgehead atoms. The van der Waals surface area contributed by atoms with Crippen LogP contribution in [-0.2, 0) is 42.7 Å². The predicted octanol–water partition coefficient (Wildman–Crippen LogP) is 16.4. The van der Waals surface area contributed by atoms with Crippen LogP contribution in [0.3, 0.4) is 0 Å². The summed E-state index contributed by atoms with van der Waals surface area (Å²) in [6.45, 7) is 27.3. The van der Waals surface area contributed by atoms with Gasteiger partial charge in [0.1, 0.15) is 5.82 Å². The Balaban J connectivity index is 0.00000592. The summed E-state index contributed by atoms with van der Waals surface area (Å²) in [5.74, 6) is 2.11. The zero-order valence-electron chi connectivity index (χ0n) is 40.5. The number of fused-ring (bicyclic) bond motifs is 4. The molecule has 5 nitrogen and oxygen atoms in total. The van der Waals surface area contributed by atoms with E-state index in [9.17, 15) is 0 Å². The number of hydrogen-bond donors (Lipinski definition) is 0. The van der Waals surface area contributed by atoms with Gasteiger partial charge in [-0.1, -0.05) is 155 Å². The molecule has 0 fully saturated rings. The minimum Gasteiger partial charge on any atom is -0.509 e. The minimum atomic E-state index is -0.166. The Morgan fingerprint density at radius 2 is 1.20 bits per heavy atom. The summed E-state index contributed by atoms with van der Waals surface area (Å²) in [5, 5.41) is 2.25. The molecule has 342 valence electrons. The smallest absolute Gasteiger partial charge is 0.135 e. The Hall–Kier alpha value is -5.64. The Morgan fingerprint density at radius 1 is 0.561 bits per heavy atom. The summed E-state index contributed by atoms with van der Waals surface area (Å²) in [4.78, 5) is 9.53. The van der Waals surface area contributed by atoms with Crippen LogP contribution in [0.4, 0.5) is 22.7 Å². The fraction of sp³-hybridized carbons (Fsp3) is 0.300. The Bertz CT molecular complexity index is 3020. The summed E-state index contributed by atoms with van der Waals surface area (Å²) in [6.07, 6.45) is 5.08. The van der Waals surface area contributed by atoms with Crippen LogP contribution < -0.4 is 14.5 Å². The van der Waals surface area contributed by atoms with E-state index < -0.39 is 0 Å². The number of para-hydroxylation sites is 3. The number of anilines is 4. The van der Waals surface area contributed by atoms with Gasteiger partial charge in [-0.3, -0.25) is 0 Å². The number of ether oxygens (including phenoxy) is 1. The standard InChI is InChI=1S/C60H63N4O.Pt/c1-12-30-60(13-2,41-21-15-14-16-22-41)45-32-43(58(6,7)8)33-46(35-45)62-40-63(54-26-20-19-25-53(54)62)47-34-44(59(9,10)11)36-49(38-47)65-48-27-28-51-50-23-17-18-24-52(50)64(55(51)39-48)56-37-42(29-31-61-56)57(3,4)5;/h14-29,31-37,40H,12-13,30H2,1-11H3;/q-3;. The predicted molar refractivity (Wildman–Crippen MR) is 273 cm³/mol. The SMILES string of the molecule is CCCC(CC)(c1ccccc1)c1cc(N2[CH-]N(c3[c-]c(Oc4[c-]c5c(cc4)c4ccccc4n5-c4cc(C(C)(C)C)ccn4)cc(C(C)(C)C)c3)c3ccccc32)cc(C(C)(C)C)c1.[Pt]. The average molecular weight is 1050 g/mol. The summed E-state index contributed by atoms with van der Waals surface area (Å²) in [5.41, 5.74) is 12.3. The van der Waals surface area contributed by atoms with Crippen LogP contribution in [0, 0.1) is 18.8 Å². The number of benzene rings is 6. The second kappa shape index (κ2) is 17.9. The molecule has 1 aliphatic rings. The topological polar surface area (TPSA) is 33.5 Å². The minimum absolute atomic E-state index is 0. The van der Waals surface area contributed by atoms with Gasteiger partial charge < -0.3 is 19.1 Å². The first-order chi connectivity index (χ1) is 31.0. The molecule has 2 aromatic heterocycles. The van der Waals surface area contributed by atoms with Gasteiger partial charge in [-0.2, -0.15) is 6.07 Å². The van der Waals surface area contributed by atoms with Crippen molar-refractivity contribution in [3.05, 3.63) is 186 Å². The fourth-order valence-corrected chi connectivity index (χ4v) is 9.64. The van der Waals surface area contributed by atoms with Crippen LogP contribution in [0.15, 0.2) is 140 Å². The second-order valence-electron chi connectivity index (χ2n) is 21.0. The van der Waals surface area contributed by atoms with Gasteiger partial charge >= 0.3 is 0 Å². The van der Waals surface area contributed by atoms with Gasteiger partial charge in [0.2, 0.25) is 0 Å². The Kier molecular flexibility index (Phi) is 12.7. The van der Waals surface area contributed by atoms with Crippen molar-refractivity contribution in [3.8, 4) is 17.3 Å². The molecule has 0 saturated heterocycles. The number of aromatic nitrogens is 2. The number of pyridine rings is 1. The first kappa shape index (κ1) is 46.9. The maximum Gasteiger partial charge on any atom is 0.135 e. The molecule has 1 aliphatic heterocycles. The van der Waals surface area contributed by atoms with Crippen molar-refractivity contribution in [2.75, 3.05) is 9.80 Å². The van der Waals surface area contributed by atoms with E-state index in [1.54, 1.807) is 0 Å². The molecule has 0 spiro atoms. The fourth-order valence-electron chi connectivity index (χ4n) is 9.64. The van der Waals surface area contributed by atoms with E-state index in [-0.39, 0.29) is 42.7 Å². The summed E-state index contributed by atoms with van der Waals surface area (Å²) >= 11 is 0. The van der Waals surface area contributed by atoms with Gasteiger partial charge in [-0.05, 0) is 99.2 Å². The van der Waals surface area contributed by atoms with Crippen LogP contribution >= 0.6 is 0 Å². The molecule has 0 aliphatic carbocycles. The van der Waals surface area contributed by atoms with E-state index in [4.69, 9.17) is 9.72 Å². The van der Waals surface area contributed by atoms with Crippen LogP contribution in [-0.4, -0.2) is 9.55 Å². The second-order valence-corrected chi connectivity index (χ2v) is 21.0. The van der Waals surface area contributed by atoms with E-state index >= 15 is 0 Å². The maximum absolute atomic E-state index is 6.87. The van der Waals surface area contributed by atoms with Gasteiger partial charge in [-0.15, -0.1) is 53.6 Å². The first-order valence-electron chi connectivity index (χ1n) is 23.4. The molecule has 0 radical (unpaired) electrons. The Labute approximate surface area is 408 Å². The van der Waals surface area contributed by atoms with E-state index in [1.807, 2.05) is 12.3 Å². The molecule has 0 N–H and O–H groups in total. The normalized spacial score (nSPS) is 14.0. The molecule has 1 unspecified atom stereocenters. The molecule has 6 aromatic carbocycles. The molecule has 3 heterocycles. The van der Waals surface area contributed by atoms with Gasteiger partial charge in [0.25, 0.3) is 0 Å². The van der Waals surface area contributed by atoms with E-state index in [0.29, 0.717) is 11.5 Å². The number of hydrogen-bond acceptors (Lipinski definition) is 4. The summed E-state index contributed by atoms with van der Waals surface area (Å²) in [6, 6.07) is 56.0. The zero-order valence-corrected chi connectivity index (χ0v) is 42.8. The summed E-state index contributed by atoms with van der Waals surface area (Å²) < 4.78 is 9.08. The summed E-state index contributed by atoms with van der Waals surface area (Å²) in [7, 11) is 0. The van der Waals surface area contributed by atoms with Crippen molar-refractivity contribution < 1.29 is 25.8 Å². The van der Waals surface area contributed by atoms with E-state index in [0.717, 1.165) is 75.2 Å². The van der Waals surface area contributed by atoms with Crippen LogP contribution in [0.2, 0.25) is 0 Å². The van der Waals surface area contributed by atoms with Crippen molar-refractivity contribution in [2.24, 2.45) is 0 Å². The van der Waals surface area contributed by atoms with Crippen molar-refractivity contribution in [3.63, 3.8) is 0 Å². The number of nitrogens with zero attached hydrogens (tertiary/aromatic N) is 4. The molecule has 0 saturated carbocycles. The first-order valence-corrected chi connectivity index (χ1v) is 23.4. The van der Waals surface area contributed by atoms with Gasteiger partial charge in [0, 0.05) is 66.8 Å². The molecule has 8 aromatic rings. The van der Waals surface area contributed by atoms with Gasteiger partial charge in [-0.25, -0.2) is 4.98 Å². The molecule has 6 heteroatoms. The van der Waals surface area contributed by atoms with Gasteiger partial charge in [0.15, 0.2) is 0 Å². The third-order valence-electron chi connectivity index (χ3n) is 13.4. The molecule has 0 amide bonds. The molecule has 1 atom stereocenters.